The molecular formula is C16H22N2O4. The van der Waals surface area contributed by atoms with Crippen LogP contribution in [0.5, 0.6) is 0 Å². The van der Waals surface area contributed by atoms with E-state index in [4.69, 9.17) is 5.73 Å². The zero-order chi connectivity index (χ0) is 17.0. The summed E-state index contributed by atoms with van der Waals surface area (Å²) in [6, 6.07) is 7.43. The van der Waals surface area contributed by atoms with Crippen molar-refractivity contribution in [1.29, 1.82) is 0 Å². The van der Waals surface area contributed by atoms with Gasteiger partial charge in [-0.15, -0.1) is 13.2 Å². The summed E-state index contributed by atoms with van der Waals surface area (Å²) in [5.41, 5.74) is 7.36. The fraction of sp³-hybridized carbons (Fsp3) is 0.312. The van der Waals surface area contributed by atoms with Crippen LogP contribution in [-0.2, 0) is 25.5 Å². The lowest BCUT2D eigenvalue weighted by Gasteiger charge is -2.07. The Morgan fingerprint density at radius 1 is 1.18 bits per heavy atom. The van der Waals surface area contributed by atoms with Crippen LogP contribution < -0.4 is 5.73 Å². The molecule has 6 nitrogen and oxygen atoms in total. The maximum absolute atomic E-state index is 11.4. The van der Waals surface area contributed by atoms with Gasteiger partial charge in [-0.25, -0.2) is 0 Å². The van der Waals surface area contributed by atoms with Gasteiger partial charge in [-0.05, 0) is 24.1 Å². The summed E-state index contributed by atoms with van der Waals surface area (Å²) in [6.45, 7) is 6.45. The molecule has 0 aromatic heterocycles. The Kier molecular flexibility index (Phi) is 9.75. The highest BCUT2D eigenvalue weighted by atomic mass is 16.5. The number of hydrogen-bond donors (Lipinski definition) is 1. The smallest absolute Gasteiger partial charge is 0.325 e. The second-order valence-electron chi connectivity index (χ2n) is 4.07. The Balaban J connectivity index is 0.00000211. The molecule has 0 amide bonds. The van der Waals surface area contributed by atoms with Crippen molar-refractivity contribution in [2.75, 3.05) is 26.5 Å². The number of ether oxygens (including phenoxy) is 2. The average molecular weight is 306 g/mol. The molecule has 120 valence electrons. The number of methoxy groups -OCH3 is 2. The van der Waals surface area contributed by atoms with Gasteiger partial charge in [0.25, 0.3) is 0 Å². The molecule has 1 aromatic carbocycles. The molecule has 0 aliphatic rings. The van der Waals surface area contributed by atoms with E-state index in [1.165, 1.54) is 20.4 Å². The fourth-order valence-electron chi connectivity index (χ4n) is 1.53. The second-order valence-corrected chi connectivity index (χ2v) is 4.07. The Morgan fingerprint density at radius 3 is 2.14 bits per heavy atom. The zero-order valence-corrected chi connectivity index (χ0v) is 13.0. The van der Waals surface area contributed by atoms with E-state index in [-0.39, 0.29) is 0 Å². The summed E-state index contributed by atoms with van der Waals surface area (Å²) < 4.78 is 9.04. The first kappa shape index (κ1) is 19.4. The maximum atomic E-state index is 11.4. The third kappa shape index (κ3) is 6.69. The Labute approximate surface area is 130 Å². The minimum atomic E-state index is -1.11. The van der Waals surface area contributed by atoms with Crippen LogP contribution >= 0.6 is 0 Å². The van der Waals surface area contributed by atoms with E-state index in [0.29, 0.717) is 18.7 Å². The highest BCUT2D eigenvalue weighted by Gasteiger charge is 2.26. The molecule has 2 N–H and O–H groups in total. The number of nitrogens with zero attached hydrogens (tertiary/aromatic N) is 1. The number of carbonyl (C=O) groups excluding carboxylic acids is 2. The molecule has 6 heteroatoms. The lowest BCUT2D eigenvalue weighted by molar-refractivity contribution is -0.154. The van der Waals surface area contributed by atoms with Crippen LogP contribution in [0.25, 0.3) is 0 Å². The van der Waals surface area contributed by atoms with Crippen LogP contribution in [0.15, 0.2) is 42.4 Å². The molecule has 0 heterocycles. The number of anilines is 1. The summed E-state index contributed by atoms with van der Waals surface area (Å²) in [5.74, 6) is -2.49. The van der Waals surface area contributed by atoms with Gasteiger partial charge in [-0.1, -0.05) is 12.1 Å². The standard InChI is InChI=1S/C14H18N2O4.C2H4/c1-19-13(17)12(14(18)20-2)9-16-8-7-10-3-5-11(15)6-4-10;1-2/h3-6,9,12H,7-8,15H2,1-2H3;1-2H2. The number of carbonyl (C=O) groups is 2. The van der Waals surface area contributed by atoms with Gasteiger partial charge >= 0.3 is 11.9 Å². The van der Waals surface area contributed by atoms with Crippen LogP contribution in [-0.4, -0.2) is 38.9 Å². The van der Waals surface area contributed by atoms with Gasteiger partial charge in [0.05, 0.1) is 14.2 Å². The summed E-state index contributed by atoms with van der Waals surface area (Å²) >= 11 is 0. The monoisotopic (exact) mass is 306 g/mol. The third-order valence-electron chi connectivity index (χ3n) is 2.67. The van der Waals surface area contributed by atoms with Crippen molar-refractivity contribution >= 4 is 23.8 Å². The molecule has 0 bridgehead atoms. The van der Waals surface area contributed by atoms with Gasteiger partial charge in [0.1, 0.15) is 0 Å². The van der Waals surface area contributed by atoms with Gasteiger partial charge in [0, 0.05) is 18.4 Å². The number of hydrogen-bond acceptors (Lipinski definition) is 6. The quantitative estimate of drug-likeness (QED) is 0.284. The van der Waals surface area contributed by atoms with Crippen LogP contribution in [0, 0.1) is 5.92 Å². The predicted molar refractivity (Wildman–Crippen MR) is 86.7 cm³/mol. The molecule has 0 atom stereocenters. The first-order chi connectivity index (χ1) is 10.6. The second kappa shape index (κ2) is 11.1. The highest BCUT2D eigenvalue weighted by molar-refractivity contribution is 6.09. The molecule has 0 unspecified atom stereocenters. The summed E-state index contributed by atoms with van der Waals surface area (Å²) in [7, 11) is 2.42. The largest absolute Gasteiger partial charge is 0.468 e. The molecule has 0 saturated carbocycles. The van der Waals surface area contributed by atoms with E-state index in [1.54, 1.807) is 0 Å². The number of esters is 2. The average Bonchev–Trinajstić information content (AvgIpc) is 2.57. The van der Waals surface area contributed by atoms with Crippen LogP contribution in [0.2, 0.25) is 0 Å². The molecule has 0 aliphatic heterocycles. The first-order valence-corrected chi connectivity index (χ1v) is 6.58. The first-order valence-electron chi connectivity index (χ1n) is 6.58. The summed E-state index contributed by atoms with van der Waals surface area (Å²) in [5, 5.41) is 0. The van der Waals surface area contributed by atoms with E-state index in [2.05, 4.69) is 27.6 Å². The molecule has 0 spiro atoms. The minimum Gasteiger partial charge on any atom is -0.468 e. The van der Waals surface area contributed by atoms with E-state index in [1.807, 2.05) is 24.3 Å². The number of nitrogens with two attached hydrogens (primary N) is 1. The van der Waals surface area contributed by atoms with Gasteiger partial charge < -0.3 is 15.2 Å². The van der Waals surface area contributed by atoms with Crippen molar-refractivity contribution in [2.24, 2.45) is 10.9 Å². The van der Waals surface area contributed by atoms with E-state index in [9.17, 15) is 9.59 Å². The van der Waals surface area contributed by atoms with Gasteiger partial charge in [0.2, 0.25) is 0 Å². The Bertz CT molecular complexity index is 481. The topological polar surface area (TPSA) is 91.0 Å². The molecule has 0 saturated heterocycles. The zero-order valence-electron chi connectivity index (χ0n) is 13.0. The van der Waals surface area contributed by atoms with E-state index < -0.39 is 17.9 Å². The van der Waals surface area contributed by atoms with Crippen LogP contribution in [0.4, 0.5) is 5.69 Å². The van der Waals surface area contributed by atoms with E-state index in [0.717, 1.165) is 5.56 Å². The van der Waals surface area contributed by atoms with Gasteiger partial charge in [-0.2, -0.15) is 0 Å². The van der Waals surface area contributed by atoms with Crippen molar-refractivity contribution in [3.05, 3.63) is 43.0 Å². The van der Waals surface area contributed by atoms with Gasteiger partial charge in [0.15, 0.2) is 5.92 Å². The molecular weight excluding hydrogens is 284 g/mol. The molecule has 22 heavy (non-hydrogen) atoms. The number of benzene rings is 1. The number of nitrogen functional groups attached to an aromatic ring is 1. The number of aliphatic imine (C=N–C) groups is 1. The van der Waals surface area contributed by atoms with Crippen molar-refractivity contribution in [1.82, 2.24) is 0 Å². The minimum absolute atomic E-state index is 0.453. The molecule has 0 aliphatic carbocycles. The molecule has 0 radical (unpaired) electrons. The third-order valence-corrected chi connectivity index (χ3v) is 2.67. The van der Waals surface area contributed by atoms with E-state index >= 15 is 0 Å². The van der Waals surface area contributed by atoms with Crippen molar-refractivity contribution in [3.63, 3.8) is 0 Å². The van der Waals surface area contributed by atoms with Gasteiger partial charge in [-0.3, -0.25) is 14.6 Å². The highest BCUT2D eigenvalue weighted by Crippen LogP contribution is 2.06. The van der Waals surface area contributed by atoms with Crippen LogP contribution in [0.3, 0.4) is 0 Å². The predicted octanol–water partition coefficient (Wildman–Crippen LogP) is 1.65. The SMILES string of the molecule is C=C.COC(=O)C(C=NCCc1ccc(N)cc1)C(=O)OC. The summed E-state index contributed by atoms with van der Waals surface area (Å²) in [4.78, 5) is 26.8. The van der Waals surface area contributed by atoms with Crippen molar-refractivity contribution < 1.29 is 19.1 Å². The lowest BCUT2D eigenvalue weighted by Crippen LogP contribution is -2.27. The Morgan fingerprint density at radius 2 is 1.68 bits per heavy atom. The normalized spacial score (nSPS) is 9.95. The maximum Gasteiger partial charge on any atom is 0.325 e. The fourth-order valence-corrected chi connectivity index (χ4v) is 1.53. The lowest BCUT2D eigenvalue weighted by atomic mass is 10.1. The van der Waals surface area contributed by atoms with Crippen LogP contribution in [0.1, 0.15) is 5.56 Å². The molecule has 1 rings (SSSR count). The molecule has 1 aromatic rings. The number of rotatable bonds is 6. The summed E-state index contributed by atoms with van der Waals surface area (Å²) in [6.07, 6.45) is 1.95. The van der Waals surface area contributed by atoms with Crippen molar-refractivity contribution in [2.45, 2.75) is 6.42 Å². The molecule has 0 fully saturated rings. The van der Waals surface area contributed by atoms with Crippen molar-refractivity contribution in [3.8, 4) is 0 Å². The Hall–Kier alpha value is -2.63.